The van der Waals surface area contributed by atoms with E-state index >= 15 is 0 Å². The van der Waals surface area contributed by atoms with Crippen molar-refractivity contribution in [1.82, 2.24) is 4.57 Å². The van der Waals surface area contributed by atoms with Crippen LogP contribution in [-0.2, 0) is 15.6 Å². The Labute approximate surface area is 90.8 Å². The SMILES string of the molecule is CCn1cc(S(=O)(=O)Cl)cc1C(=O)Cl. The van der Waals surface area contributed by atoms with Crippen LogP contribution in [0.3, 0.4) is 0 Å². The molecule has 78 valence electrons. The average molecular weight is 256 g/mol. The topological polar surface area (TPSA) is 56.1 Å². The minimum Gasteiger partial charge on any atom is -0.343 e. The van der Waals surface area contributed by atoms with Crippen LogP contribution in [0.5, 0.6) is 0 Å². The molecule has 1 rings (SSSR count). The highest BCUT2D eigenvalue weighted by Crippen LogP contribution is 2.19. The van der Waals surface area contributed by atoms with Crippen LogP contribution in [0.25, 0.3) is 0 Å². The highest BCUT2D eigenvalue weighted by atomic mass is 35.7. The smallest absolute Gasteiger partial charge is 0.268 e. The summed E-state index contributed by atoms with van der Waals surface area (Å²) in [6, 6.07) is 1.15. The summed E-state index contributed by atoms with van der Waals surface area (Å²) in [4.78, 5) is 10.8. The summed E-state index contributed by atoms with van der Waals surface area (Å²) in [5, 5.41) is -0.710. The second-order valence-corrected chi connectivity index (χ2v) is 5.47. The predicted molar refractivity (Wildman–Crippen MR) is 53.3 cm³/mol. The number of nitrogens with zero attached hydrogens (tertiary/aromatic N) is 1. The summed E-state index contributed by atoms with van der Waals surface area (Å²) in [6.07, 6.45) is 1.28. The van der Waals surface area contributed by atoms with Crippen LogP contribution < -0.4 is 0 Å². The van der Waals surface area contributed by atoms with Gasteiger partial charge in [-0.1, -0.05) is 0 Å². The number of aromatic nitrogens is 1. The monoisotopic (exact) mass is 255 g/mol. The van der Waals surface area contributed by atoms with Gasteiger partial charge in [-0.05, 0) is 24.6 Å². The van der Waals surface area contributed by atoms with Crippen LogP contribution in [-0.4, -0.2) is 18.2 Å². The predicted octanol–water partition coefficient (Wildman–Crippen LogP) is 1.81. The normalized spacial score (nSPS) is 11.6. The zero-order chi connectivity index (χ0) is 10.9. The van der Waals surface area contributed by atoms with E-state index in [0.717, 1.165) is 6.07 Å². The maximum Gasteiger partial charge on any atom is 0.268 e. The van der Waals surface area contributed by atoms with Gasteiger partial charge >= 0.3 is 0 Å². The number of aryl methyl sites for hydroxylation is 1. The summed E-state index contributed by atoms with van der Waals surface area (Å²) in [5.41, 5.74) is 0.119. The Balaban J connectivity index is 3.34. The van der Waals surface area contributed by atoms with Crippen LogP contribution in [0.15, 0.2) is 17.2 Å². The molecule has 14 heavy (non-hydrogen) atoms. The Hall–Kier alpha value is -0.520. The Bertz CT molecular complexity index is 463. The van der Waals surface area contributed by atoms with Crippen molar-refractivity contribution in [2.24, 2.45) is 0 Å². The summed E-state index contributed by atoms with van der Waals surface area (Å²) < 4.78 is 23.3. The first-order valence-electron chi connectivity index (χ1n) is 3.71. The van der Waals surface area contributed by atoms with Crippen molar-refractivity contribution in [2.45, 2.75) is 18.4 Å². The van der Waals surface area contributed by atoms with Gasteiger partial charge in [0.25, 0.3) is 14.3 Å². The lowest BCUT2D eigenvalue weighted by Gasteiger charge is -1.98. The minimum atomic E-state index is -3.81. The van der Waals surface area contributed by atoms with Gasteiger partial charge in [0.05, 0.1) is 0 Å². The molecule has 0 radical (unpaired) electrons. The van der Waals surface area contributed by atoms with E-state index in [0.29, 0.717) is 6.54 Å². The number of hydrogen-bond acceptors (Lipinski definition) is 3. The van der Waals surface area contributed by atoms with E-state index in [1.165, 1.54) is 10.8 Å². The first kappa shape index (κ1) is 11.6. The molecule has 1 heterocycles. The number of halogens is 2. The molecule has 4 nitrogen and oxygen atoms in total. The number of rotatable bonds is 3. The lowest BCUT2D eigenvalue weighted by Crippen LogP contribution is -2.01. The molecule has 0 aliphatic carbocycles. The van der Waals surface area contributed by atoms with E-state index in [1.807, 2.05) is 0 Å². The van der Waals surface area contributed by atoms with Crippen molar-refractivity contribution >= 4 is 36.6 Å². The highest BCUT2D eigenvalue weighted by Gasteiger charge is 2.17. The molecule has 7 heteroatoms. The van der Waals surface area contributed by atoms with Crippen molar-refractivity contribution in [1.29, 1.82) is 0 Å². The lowest BCUT2D eigenvalue weighted by molar-refractivity contribution is 0.107. The van der Waals surface area contributed by atoms with Crippen molar-refractivity contribution in [3.8, 4) is 0 Å². The van der Waals surface area contributed by atoms with Crippen LogP contribution in [0.4, 0.5) is 0 Å². The van der Waals surface area contributed by atoms with Gasteiger partial charge in [-0.3, -0.25) is 4.79 Å². The maximum absolute atomic E-state index is 10.9. The quantitative estimate of drug-likeness (QED) is 0.775. The average Bonchev–Trinajstić information content (AvgIpc) is 2.45. The third-order valence-electron chi connectivity index (χ3n) is 1.70. The Kier molecular flexibility index (Phi) is 3.24. The Morgan fingerprint density at radius 1 is 1.57 bits per heavy atom. The molecule has 0 N–H and O–H groups in total. The van der Waals surface area contributed by atoms with E-state index < -0.39 is 14.3 Å². The lowest BCUT2D eigenvalue weighted by atomic mass is 10.4. The Morgan fingerprint density at radius 2 is 2.14 bits per heavy atom. The molecule has 0 atom stereocenters. The molecule has 0 fully saturated rings. The van der Waals surface area contributed by atoms with Gasteiger partial charge < -0.3 is 4.57 Å². The summed E-state index contributed by atoms with van der Waals surface area (Å²) in [6.45, 7) is 2.20. The molecule has 0 bridgehead atoms. The van der Waals surface area contributed by atoms with Gasteiger partial charge in [0.2, 0.25) is 0 Å². The zero-order valence-electron chi connectivity index (χ0n) is 7.20. The van der Waals surface area contributed by atoms with Gasteiger partial charge in [-0.2, -0.15) is 0 Å². The molecule has 0 aliphatic heterocycles. The first-order valence-corrected chi connectivity index (χ1v) is 6.39. The van der Waals surface area contributed by atoms with Gasteiger partial charge in [-0.15, -0.1) is 0 Å². The summed E-state index contributed by atoms with van der Waals surface area (Å²) in [7, 11) is 1.30. The molecule has 0 saturated heterocycles. The molecule has 0 aliphatic rings. The second kappa shape index (κ2) is 3.92. The van der Waals surface area contributed by atoms with Crippen molar-refractivity contribution in [3.63, 3.8) is 0 Å². The van der Waals surface area contributed by atoms with Gasteiger partial charge in [0, 0.05) is 23.4 Å². The summed E-state index contributed by atoms with van der Waals surface area (Å²) in [5.74, 6) is 0. The fourth-order valence-corrected chi connectivity index (χ4v) is 1.96. The number of hydrogen-bond donors (Lipinski definition) is 0. The van der Waals surface area contributed by atoms with Crippen LogP contribution in [0, 0.1) is 0 Å². The molecule has 0 spiro atoms. The second-order valence-electron chi connectivity index (χ2n) is 2.56. The molecular weight excluding hydrogens is 249 g/mol. The van der Waals surface area contributed by atoms with Gasteiger partial charge in [-0.25, -0.2) is 8.42 Å². The molecule has 0 saturated carbocycles. The third-order valence-corrected chi connectivity index (χ3v) is 3.21. The van der Waals surface area contributed by atoms with Crippen molar-refractivity contribution in [2.75, 3.05) is 0 Å². The fraction of sp³-hybridized carbons (Fsp3) is 0.286. The highest BCUT2D eigenvalue weighted by molar-refractivity contribution is 8.13. The van der Waals surface area contributed by atoms with E-state index in [2.05, 4.69) is 0 Å². The fourth-order valence-electron chi connectivity index (χ4n) is 1.04. The van der Waals surface area contributed by atoms with Crippen molar-refractivity contribution < 1.29 is 13.2 Å². The van der Waals surface area contributed by atoms with E-state index in [4.69, 9.17) is 22.3 Å². The molecule has 0 unspecified atom stereocenters. The van der Waals surface area contributed by atoms with Crippen LogP contribution >= 0.6 is 22.3 Å². The largest absolute Gasteiger partial charge is 0.343 e. The molecule has 0 amide bonds. The molecule has 1 aromatic rings. The zero-order valence-corrected chi connectivity index (χ0v) is 9.53. The maximum atomic E-state index is 10.9. The minimum absolute atomic E-state index is 0.119. The van der Waals surface area contributed by atoms with Crippen LogP contribution in [0.2, 0.25) is 0 Å². The van der Waals surface area contributed by atoms with E-state index in [9.17, 15) is 13.2 Å². The first-order chi connectivity index (χ1) is 6.36. The van der Waals surface area contributed by atoms with Gasteiger partial charge in [0.15, 0.2) is 0 Å². The molecule has 0 aromatic carbocycles. The van der Waals surface area contributed by atoms with Gasteiger partial charge in [0.1, 0.15) is 10.6 Å². The number of carbonyl (C=O) groups is 1. The molecule has 1 aromatic heterocycles. The van der Waals surface area contributed by atoms with E-state index in [-0.39, 0.29) is 10.6 Å². The van der Waals surface area contributed by atoms with Crippen LogP contribution in [0.1, 0.15) is 17.4 Å². The third kappa shape index (κ3) is 2.29. The standard InChI is InChI=1S/C7H7Cl2NO3S/c1-2-10-4-5(14(9,12)13)3-6(10)7(8)11/h3-4H,2H2,1H3. The van der Waals surface area contributed by atoms with E-state index in [1.54, 1.807) is 6.92 Å². The Morgan fingerprint density at radius 3 is 2.43 bits per heavy atom. The number of carbonyl (C=O) groups excluding carboxylic acids is 1. The molecular formula is C7H7Cl2NO3S. The van der Waals surface area contributed by atoms with Crippen molar-refractivity contribution in [3.05, 3.63) is 18.0 Å². The summed E-state index contributed by atoms with van der Waals surface area (Å²) >= 11 is 5.25.